The Hall–Kier alpha value is -2.80. The normalized spacial score (nSPS) is 19.4. The van der Waals surface area contributed by atoms with Gasteiger partial charge in [-0.15, -0.1) is 0 Å². The van der Waals surface area contributed by atoms with Crippen molar-refractivity contribution in [2.45, 2.75) is 25.4 Å². The van der Waals surface area contributed by atoms with Crippen LogP contribution < -0.4 is 5.32 Å². The van der Waals surface area contributed by atoms with E-state index in [0.29, 0.717) is 29.6 Å². The van der Waals surface area contributed by atoms with Gasteiger partial charge in [-0.1, -0.05) is 12.1 Å². The lowest BCUT2D eigenvalue weighted by atomic mass is 10.0. The van der Waals surface area contributed by atoms with E-state index >= 15 is 0 Å². The van der Waals surface area contributed by atoms with E-state index < -0.39 is 0 Å². The Labute approximate surface area is 157 Å². The zero-order valence-corrected chi connectivity index (χ0v) is 15.4. The van der Waals surface area contributed by atoms with Crippen LogP contribution in [-0.4, -0.2) is 38.3 Å². The van der Waals surface area contributed by atoms with E-state index in [2.05, 4.69) is 22.2 Å². The molecule has 1 aliphatic heterocycles. The molecule has 2 aromatic heterocycles. The van der Waals surface area contributed by atoms with Crippen molar-refractivity contribution < 1.29 is 9.13 Å². The third-order valence-electron chi connectivity index (χ3n) is 4.88. The summed E-state index contributed by atoms with van der Waals surface area (Å²) in [6.45, 7) is 3.51. The molecule has 4 rings (SSSR count). The summed E-state index contributed by atoms with van der Waals surface area (Å²) in [4.78, 5) is 13.5. The fraction of sp³-hybridized carbons (Fsp3) is 0.350. The Bertz CT molecular complexity index is 949. The molecule has 1 aliphatic rings. The third-order valence-corrected chi connectivity index (χ3v) is 4.88. The van der Waals surface area contributed by atoms with Crippen LogP contribution in [0.1, 0.15) is 19.8 Å². The Kier molecular flexibility index (Phi) is 4.61. The minimum Gasteiger partial charge on any atom is -0.373 e. The molecule has 1 atom stereocenters. The van der Waals surface area contributed by atoms with Gasteiger partial charge in [0.1, 0.15) is 11.5 Å². The standard InChI is InChI=1S/C20H22FN5O/c1-20(7-4-10-27-20)13-24-19-23-12-16(14-5-3-6-15(21)11-14)17(25-19)18-22-8-9-26(18)2/h3,5-6,8-9,11-12H,4,7,10,13H2,1-2H3,(H,23,24,25). The Balaban J connectivity index is 1.71. The number of aryl methyl sites for hydroxylation is 1. The van der Waals surface area contributed by atoms with E-state index in [-0.39, 0.29) is 11.4 Å². The first kappa shape index (κ1) is 17.6. The van der Waals surface area contributed by atoms with Crippen LogP contribution in [-0.2, 0) is 11.8 Å². The van der Waals surface area contributed by atoms with E-state index in [9.17, 15) is 4.39 Å². The van der Waals surface area contributed by atoms with E-state index in [1.165, 1.54) is 12.1 Å². The van der Waals surface area contributed by atoms with Crippen molar-refractivity contribution in [3.05, 3.63) is 48.7 Å². The number of halogens is 1. The van der Waals surface area contributed by atoms with Gasteiger partial charge >= 0.3 is 0 Å². The summed E-state index contributed by atoms with van der Waals surface area (Å²) in [7, 11) is 1.90. The monoisotopic (exact) mass is 367 g/mol. The Morgan fingerprint density at radius 2 is 2.22 bits per heavy atom. The molecular formula is C20H22FN5O. The van der Waals surface area contributed by atoms with Crippen LogP contribution >= 0.6 is 0 Å². The van der Waals surface area contributed by atoms with E-state index in [1.54, 1.807) is 18.5 Å². The van der Waals surface area contributed by atoms with Gasteiger partial charge in [0.25, 0.3) is 0 Å². The second kappa shape index (κ2) is 7.08. The van der Waals surface area contributed by atoms with Crippen molar-refractivity contribution in [2.24, 2.45) is 7.05 Å². The van der Waals surface area contributed by atoms with Crippen LogP contribution in [0.2, 0.25) is 0 Å². The van der Waals surface area contributed by atoms with Crippen LogP contribution in [0.25, 0.3) is 22.6 Å². The molecule has 1 fully saturated rings. The van der Waals surface area contributed by atoms with Gasteiger partial charge < -0.3 is 14.6 Å². The van der Waals surface area contributed by atoms with Gasteiger partial charge in [0, 0.05) is 44.4 Å². The molecule has 1 aromatic carbocycles. The minimum atomic E-state index is -0.299. The van der Waals surface area contributed by atoms with Gasteiger partial charge in [-0.3, -0.25) is 0 Å². The molecule has 0 saturated carbocycles. The molecule has 1 saturated heterocycles. The highest BCUT2D eigenvalue weighted by Gasteiger charge is 2.29. The van der Waals surface area contributed by atoms with Crippen molar-refractivity contribution in [2.75, 3.05) is 18.5 Å². The lowest BCUT2D eigenvalue weighted by molar-refractivity contribution is 0.0314. The summed E-state index contributed by atoms with van der Waals surface area (Å²) in [5.74, 6) is 0.903. The summed E-state index contributed by atoms with van der Waals surface area (Å²) in [6, 6.07) is 6.42. The number of nitrogens with zero attached hydrogens (tertiary/aromatic N) is 4. The predicted octanol–water partition coefficient (Wildman–Crippen LogP) is 3.66. The molecule has 6 nitrogen and oxygen atoms in total. The smallest absolute Gasteiger partial charge is 0.223 e. The second-order valence-electron chi connectivity index (χ2n) is 7.08. The van der Waals surface area contributed by atoms with Crippen LogP contribution in [0.15, 0.2) is 42.9 Å². The van der Waals surface area contributed by atoms with Crippen LogP contribution in [0.3, 0.4) is 0 Å². The number of hydrogen-bond acceptors (Lipinski definition) is 5. The zero-order chi connectivity index (χ0) is 18.9. The largest absolute Gasteiger partial charge is 0.373 e. The van der Waals surface area contributed by atoms with Crippen LogP contribution in [0, 0.1) is 5.82 Å². The molecule has 27 heavy (non-hydrogen) atoms. The summed E-state index contributed by atoms with van der Waals surface area (Å²) in [5, 5.41) is 3.28. The molecule has 1 unspecified atom stereocenters. The number of benzene rings is 1. The summed E-state index contributed by atoms with van der Waals surface area (Å²) < 4.78 is 21.4. The van der Waals surface area contributed by atoms with Gasteiger partial charge in [0.15, 0.2) is 5.82 Å². The van der Waals surface area contributed by atoms with Gasteiger partial charge in [-0.25, -0.2) is 19.3 Å². The maximum absolute atomic E-state index is 13.7. The molecule has 0 amide bonds. The maximum atomic E-state index is 13.7. The molecule has 0 bridgehead atoms. The van der Waals surface area contributed by atoms with E-state index in [1.807, 2.05) is 23.9 Å². The molecule has 0 radical (unpaired) electrons. The number of aromatic nitrogens is 4. The average molecular weight is 367 g/mol. The number of rotatable bonds is 5. The molecule has 3 heterocycles. The first-order valence-electron chi connectivity index (χ1n) is 9.03. The molecule has 0 aliphatic carbocycles. The molecule has 7 heteroatoms. The van der Waals surface area contributed by atoms with Gasteiger partial charge in [0.05, 0.1) is 5.60 Å². The van der Waals surface area contributed by atoms with Crippen molar-refractivity contribution in [1.82, 2.24) is 19.5 Å². The van der Waals surface area contributed by atoms with Crippen LogP contribution in [0.4, 0.5) is 10.3 Å². The lowest BCUT2D eigenvalue weighted by Crippen LogP contribution is -2.33. The number of ether oxygens (including phenoxy) is 1. The minimum absolute atomic E-state index is 0.200. The highest BCUT2D eigenvalue weighted by Crippen LogP contribution is 2.31. The van der Waals surface area contributed by atoms with Gasteiger partial charge in [-0.2, -0.15) is 0 Å². The summed E-state index contributed by atoms with van der Waals surface area (Å²) in [6.07, 6.45) is 7.36. The first-order valence-corrected chi connectivity index (χ1v) is 9.03. The highest BCUT2D eigenvalue weighted by atomic mass is 19.1. The quantitative estimate of drug-likeness (QED) is 0.745. The van der Waals surface area contributed by atoms with Gasteiger partial charge in [-0.05, 0) is 37.5 Å². The van der Waals surface area contributed by atoms with Crippen LogP contribution in [0.5, 0.6) is 0 Å². The molecule has 3 aromatic rings. The molecular weight excluding hydrogens is 345 g/mol. The fourth-order valence-corrected chi connectivity index (χ4v) is 3.34. The highest BCUT2D eigenvalue weighted by molar-refractivity contribution is 5.78. The first-order chi connectivity index (χ1) is 13.0. The van der Waals surface area contributed by atoms with E-state index in [4.69, 9.17) is 9.72 Å². The number of imidazole rings is 1. The fourth-order valence-electron chi connectivity index (χ4n) is 3.34. The molecule has 0 spiro atoms. The van der Waals surface area contributed by atoms with Crippen molar-refractivity contribution in [3.8, 4) is 22.6 Å². The third kappa shape index (κ3) is 3.68. The van der Waals surface area contributed by atoms with Crippen molar-refractivity contribution in [3.63, 3.8) is 0 Å². The van der Waals surface area contributed by atoms with Crippen molar-refractivity contribution >= 4 is 5.95 Å². The summed E-state index contributed by atoms with van der Waals surface area (Å²) >= 11 is 0. The van der Waals surface area contributed by atoms with E-state index in [0.717, 1.165) is 25.0 Å². The second-order valence-corrected chi connectivity index (χ2v) is 7.08. The Morgan fingerprint density at radius 3 is 2.93 bits per heavy atom. The average Bonchev–Trinajstić information content (AvgIpc) is 3.29. The zero-order valence-electron chi connectivity index (χ0n) is 15.4. The summed E-state index contributed by atoms with van der Waals surface area (Å²) in [5.41, 5.74) is 1.90. The maximum Gasteiger partial charge on any atom is 0.223 e. The number of hydrogen-bond donors (Lipinski definition) is 1. The molecule has 1 N–H and O–H groups in total. The topological polar surface area (TPSA) is 64.9 Å². The SMILES string of the molecule is Cn1ccnc1-c1nc(NCC2(C)CCCO2)ncc1-c1cccc(F)c1. The lowest BCUT2D eigenvalue weighted by Gasteiger charge is -2.23. The van der Waals surface area contributed by atoms with Crippen molar-refractivity contribution in [1.29, 1.82) is 0 Å². The predicted molar refractivity (Wildman–Crippen MR) is 102 cm³/mol. The Morgan fingerprint density at radius 1 is 1.33 bits per heavy atom. The van der Waals surface area contributed by atoms with Gasteiger partial charge in [0.2, 0.25) is 5.95 Å². The number of anilines is 1. The number of nitrogens with one attached hydrogen (secondary N) is 1. The molecule has 140 valence electrons.